The minimum Gasteiger partial charge on any atom is -0.508 e. The Morgan fingerprint density at radius 3 is 2.25 bits per heavy atom. The molecule has 1 spiro atoms. The summed E-state index contributed by atoms with van der Waals surface area (Å²) in [7, 11) is 0. The normalized spacial score (nSPS) is 23.0. The molecular weight excluding hydrogens is 421 g/mol. The zero-order valence-electron chi connectivity index (χ0n) is 17.6. The number of likely N-dealkylation sites (tertiary alicyclic amines) is 1. The van der Waals surface area contributed by atoms with Crippen molar-refractivity contribution in [3.8, 4) is 5.75 Å². The number of nitrogens with one attached hydrogen (secondary N) is 1. The van der Waals surface area contributed by atoms with E-state index in [-0.39, 0.29) is 30.2 Å². The molecule has 2 aromatic carbocycles. The Bertz CT molecular complexity index is 958. The molecule has 3 N–H and O–H groups in total. The third kappa shape index (κ3) is 3.75. The Balaban J connectivity index is 1.58. The second-order valence-corrected chi connectivity index (χ2v) is 8.79. The molecule has 2 heterocycles. The average molecular weight is 448 g/mol. The zero-order chi connectivity index (χ0) is 23.0. The summed E-state index contributed by atoms with van der Waals surface area (Å²) in [6.07, 6.45) is -3.34. The fourth-order valence-electron chi connectivity index (χ4n) is 5.27. The van der Waals surface area contributed by atoms with Gasteiger partial charge in [-0.15, -0.1) is 0 Å². The summed E-state index contributed by atoms with van der Waals surface area (Å²) in [6, 6.07) is 13.7. The molecule has 2 atom stereocenters. The molecule has 0 aliphatic carbocycles. The minimum atomic E-state index is -5.15. The summed E-state index contributed by atoms with van der Waals surface area (Å²) in [5, 5.41) is 24.4. The number of benzene rings is 2. The van der Waals surface area contributed by atoms with Gasteiger partial charge >= 0.3 is 6.18 Å². The van der Waals surface area contributed by atoms with Gasteiger partial charge in [0.15, 0.2) is 0 Å². The van der Waals surface area contributed by atoms with Crippen LogP contribution >= 0.6 is 0 Å². The van der Waals surface area contributed by atoms with Crippen molar-refractivity contribution in [3.05, 3.63) is 65.7 Å². The Hall–Kier alpha value is -2.58. The fraction of sp³-hybridized carbons (Fsp3) is 0.458. The van der Waals surface area contributed by atoms with Crippen LogP contribution in [0, 0.1) is 5.41 Å². The fourth-order valence-corrected chi connectivity index (χ4v) is 5.27. The lowest BCUT2D eigenvalue weighted by Crippen LogP contribution is -2.59. The first-order valence-corrected chi connectivity index (χ1v) is 10.8. The number of phenolic OH excluding ortho intramolecular Hbond substituents is 1. The van der Waals surface area contributed by atoms with Crippen molar-refractivity contribution in [2.75, 3.05) is 26.2 Å². The van der Waals surface area contributed by atoms with Gasteiger partial charge in [0.05, 0.1) is 0 Å². The molecule has 0 bridgehead atoms. The summed E-state index contributed by atoms with van der Waals surface area (Å²) in [4.78, 5) is 14.2. The first kappa shape index (κ1) is 22.6. The maximum atomic E-state index is 13.9. The molecule has 2 fully saturated rings. The highest BCUT2D eigenvalue weighted by Gasteiger charge is 2.62. The molecule has 32 heavy (non-hydrogen) atoms. The third-order valence-corrected chi connectivity index (χ3v) is 7.16. The number of aromatic hydroxyl groups is 1. The van der Waals surface area contributed by atoms with Gasteiger partial charge in [-0.3, -0.25) is 4.79 Å². The Labute approximate surface area is 184 Å². The van der Waals surface area contributed by atoms with Gasteiger partial charge in [-0.2, -0.15) is 13.2 Å². The zero-order valence-corrected chi connectivity index (χ0v) is 17.6. The number of alkyl halides is 3. The molecule has 2 saturated heterocycles. The number of carbonyl (C=O) groups excluding carboxylic acids is 1. The number of carbonyl (C=O) groups is 1. The summed E-state index contributed by atoms with van der Waals surface area (Å²) in [6.45, 7) is 1.67. The van der Waals surface area contributed by atoms with E-state index >= 15 is 0 Å². The number of para-hydroxylation sites is 1. The van der Waals surface area contributed by atoms with Crippen LogP contribution in [0.5, 0.6) is 5.75 Å². The quantitative estimate of drug-likeness (QED) is 0.672. The molecule has 0 saturated carbocycles. The summed E-state index contributed by atoms with van der Waals surface area (Å²) >= 11 is 0. The molecule has 8 heteroatoms. The first-order chi connectivity index (χ1) is 15.2. The largest absolute Gasteiger partial charge is 0.508 e. The van der Waals surface area contributed by atoms with Crippen LogP contribution in [0.3, 0.4) is 0 Å². The number of aliphatic hydroxyl groups is 1. The van der Waals surface area contributed by atoms with E-state index in [0.717, 1.165) is 35.6 Å². The van der Waals surface area contributed by atoms with Crippen molar-refractivity contribution in [1.82, 2.24) is 10.2 Å². The van der Waals surface area contributed by atoms with Crippen molar-refractivity contribution in [3.63, 3.8) is 0 Å². The van der Waals surface area contributed by atoms with Gasteiger partial charge in [-0.05, 0) is 42.9 Å². The van der Waals surface area contributed by atoms with E-state index < -0.39 is 23.2 Å². The lowest BCUT2D eigenvalue weighted by atomic mass is 9.62. The van der Waals surface area contributed by atoms with E-state index in [4.69, 9.17) is 0 Å². The van der Waals surface area contributed by atoms with Gasteiger partial charge in [0.1, 0.15) is 5.75 Å². The molecule has 1 unspecified atom stereocenters. The van der Waals surface area contributed by atoms with Crippen molar-refractivity contribution < 1.29 is 28.2 Å². The number of amides is 1. The molecule has 5 nitrogen and oxygen atoms in total. The molecule has 2 aliphatic heterocycles. The van der Waals surface area contributed by atoms with Crippen molar-refractivity contribution >= 4 is 5.91 Å². The molecule has 4 rings (SSSR count). The highest BCUT2D eigenvalue weighted by Crippen LogP contribution is 2.51. The average Bonchev–Trinajstić information content (AvgIpc) is 2.79. The summed E-state index contributed by atoms with van der Waals surface area (Å²) in [5.74, 6) is -1.14. The molecule has 1 amide bonds. The van der Waals surface area contributed by atoms with Crippen LogP contribution in [-0.2, 0) is 10.4 Å². The van der Waals surface area contributed by atoms with E-state index in [9.17, 15) is 28.2 Å². The summed E-state index contributed by atoms with van der Waals surface area (Å²) in [5.41, 5.74) is -3.48. The molecule has 0 aromatic heterocycles. The maximum Gasteiger partial charge on any atom is 0.430 e. The number of nitrogens with zero attached hydrogens (tertiary/aromatic N) is 1. The van der Waals surface area contributed by atoms with Gasteiger partial charge in [0.2, 0.25) is 0 Å². The SMILES string of the molecule is O=C(N1CCC2(CCNCC2c2ccccc2O)CC1)[C@](O)(c1ccccc1)C(F)(F)F. The predicted octanol–water partition coefficient (Wildman–Crippen LogP) is 3.53. The van der Waals surface area contributed by atoms with Crippen LogP contribution in [0.15, 0.2) is 54.6 Å². The van der Waals surface area contributed by atoms with Gasteiger partial charge in [0.25, 0.3) is 11.5 Å². The summed E-state index contributed by atoms with van der Waals surface area (Å²) < 4.78 is 41.8. The van der Waals surface area contributed by atoms with Crippen molar-refractivity contribution in [2.45, 2.75) is 37.0 Å². The second kappa shape index (κ2) is 8.41. The number of hydrogen-bond donors (Lipinski definition) is 3. The first-order valence-electron chi connectivity index (χ1n) is 10.8. The lowest BCUT2D eigenvalue weighted by molar-refractivity contribution is -0.262. The molecule has 172 valence electrons. The highest BCUT2D eigenvalue weighted by atomic mass is 19.4. The van der Waals surface area contributed by atoms with Gasteiger partial charge in [0, 0.05) is 31.1 Å². The smallest absolute Gasteiger partial charge is 0.430 e. The predicted molar refractivity (Wildman–Crippen MR) is 113 cm³/mol. The van der Waals surface area contributed by atoms with Gasteiger partial charge in [-0.25, -0.2) is 0 Å². The highest BCUT2D eigenvalue weighted by molar-refractivity contribution is 5.87. The van der Waals surface area contributed by atoms with E-state index in [1.54, 1.807) is 12.1 Å². The van der Waals surface area contributed by atoms with Crippen LogP contribution in [0.25, 0.3) is 0 Å². The molecule has 0 radical (unpaired) electrons. The van der Waals surface area contributed by atoms with Crippen LogP contribution in [-0.4, -0.2) is 53.4 Å². The third-order valence-electron chi connectivity index (χ3n) is 7.16. The van der Waals surface area contributed by atoms with Crippen LogP contribution in [0.4, 0.5) is 13.2 Å². The van der Waals surface area contributed by atoms with E-state index in [0.29, 0.717) is 19.4 Å². The van der Waals surface area contributed by atoms with Gasteiger partial charge in [-0.1, -0.05) is 48.5 Å². The maximum absolute atomic E-state index is 13.9. The molecular formula is C24H27F3N2O3. The number of phenols is 1. The Morgan fingerprint density at radius 2 is 1.62 bits per heavy atom. The van der Waals surface area contributed by atoms with Crippen LogP contribution in [0.1, 0.15) is 36.3 Å². The number of rotatable bonds is 3. The second-order valence-electron chi connectivity index (χ2n) is 8.79. The van der Waals surface area contributed by atoms with Crippen LogP contribution in [0.2, 0.25) is 0 Å². The molecule has 2 aliphatic rings. The monoisotopic (exact) mass is 448 g/mol. The van der Waals surface area contributed by atoms with Gasteiger partial charge < -0.3 is 20.4 Å². The van der Waals surface area contributed by atoms with E-state index in [1.165, 1.54) is 18.2 Å². The van der Waals surface area contributed by atoms with Crippen LogP contribution < -0.4 is 5.32 Å². The topological polar surface area (TPSA) is 72.8 Å². The minimum absolute atomic E-state index is 0.00896. The number of piperidine rings is 2. The standard InChI is InChI=1S/C24H27F3N2O3/c25-24(26,27)23(32,17-6-2-1-3-7-17)21(31)29-14-11-22(12-15-29)10-13-28-16-19(22)18-8-4-5-9-20(18)30/h1-9,19,28,30,32H,10-16H2/t19?,23-/m1/s1. The van der Waals surface area contributed by atoms with E-state index in [2.05, 4.69) is 5.32 Å². The Morgan fingerprint density at radius 1 is 1.00 bits per heavy atom. The molecule has 2 aromatic rings. The number of halogens is 3. The lowest BCUT2D eigenvalue weighted by Gasteiger charge is -2.50. The number of hydrogen-bond acceptors (Lipinski definition) is 4. The van der Waals surface area contributed by atoms with Crippen molar-refractivity contribution in [1.29, 1.82) is 0 Å². The van der Waals surface area contributed by atoms with E-state index in [1.807, 2.05) is 12.1 Å². The Kier molecular flexibility index (Phi) is 5.94. The van der Waals surface area contributed by atoms with Crippen molar-refractivity contribution in [2.24, 2.45) is 5.41 Å².